The van der Waals surface area contributed by atoms with Crippen LogP contribution >= 0.6 is 11.3 Å². The zero-order valence-corrected chi connectivity index (χ0v) is 8.88. The van der Waals surface area contributed by atoms with Crippen LogP contribution in [-0.2, 0) is 13.2 Å². The average molecular weight is 226 g/mol. The normalized spacial score (nSPS) is 10.8. The van der Waals surface area contributed by atoms with Crippen molar-refractivity contribution in [2.24, 2.45) is 0 Å². The standard InChI is InChI=1S/C10H11FN2OS/c11-2-3-13-5-9(6-14)10(12-13)8-1-4-15-7-8/h1,4-5,7,14H,2-3,6H2. The smallest absolute Gasteiger partial charge is 0.109 e. The van der Waals surface area contributed by atoms with Crippen LogP contribution in [0.25, 0.3) is 11.3 Å². The molecule has 0 saturated heterocycles. The minimum Gasteiger partial charge on any atom is -0.392 e. The highest BCUT2D eigenvalue weighted by atomic mass is 32.1. The molecule has 0 amide bonds. The van der Waals surface area contributed by atoms with E-state index in [-0.39, 0.29) is 13.2 Å². The van der Waals surface area contributed by atoms with Gasteiger partial charge in [-0.25, -0.2) is 4.39 Å². The van der Waals surface area contributed by atoms with Gasteiger partial charge in [-0.3, -0.25) is 4.68 Å². The number of hydrogen-bond donors (Lipinski definition) is 1. The Morgan fingerprint density at radius 1 is 1.53 bits per heavy atom. The van der Waals surface area contributed by atoms with Crippen molar-refractivity contribution >= 4 is 11.3 Å². The second-order valence-corrected chi connectivity index (χ2v) is 3.91. The number of rotatable bonds is 4. The highest BCUT2D eigenvalue weighted by Crippen LogP contribution is 2.24. The molecule has 2 aromatic rings. The lowest BCUT2D eigenvalue weighted by molar-refractivity contribution is 0.282. The molecule has 0 bridgehead atoms. The summed E-state index contributed by atoms with van der Waals surface area (Å²) in [5, 5.41) is 17.3. The third-order valence-corrected chi connectivity index (χ3v) is 2.80. The number of alkyl halides is 1. The first kappa shape index (κ1) is 10.3. The van der Waals surface area contributed by atoms with E-state index in [2.05, 4.69) is 5.10 Å². The van der Waals surface area contributed by atoms with Gasteiger partial charge in [0.2, 0.25) is 0 Å². The van der Waals surface area contributed by atoms with E-state index in [4.69, 9.17) is 5.11 Å². The Kier molecular flexibility index (Phi) is 3.13. The fourth-order valence-electron chi connectivity index (χ4n) is 1.42. The summed E-state index contributed by atoms with van der Waals surface area (Å²) in [4.78, 5) is 0. The molecule has 0 radical (unpaired) electrons. The zero-order chi connectivity index (χ0) is 10.7. The number of nitrogens with zero attached hydrogens (tertiary/aromatic N) is 2. The Morgan fingerprint density at radius 2 is 2.40 bits per heavy atom. The minimum absolute atomic E-state index is 0.0720. The van der Waals surface area contributed by atoms with Gasteiger partial charge < -0.3 is 5.11 Å². The van der Waals surface area contributed by atoms with E-state index in [1.807, 2.05) is 16.8 Å². The number of aryl methyl sites for hydroxylation is 1. The molecule has 0 unspecified atom stereocenters. The molecule has 5 heteroatoms. The summed E-state index contributed by atoms with van der Waals surface area (Å²) in [6.07, 6.45) is 1.69. The van der Waals surface area contributed by atoms with Crippen molar-refractivity contribution in [3.8, 4) is 11.3 Å². The van der Waals surface area contributed by atoms with Crippen molar-refractivity contribution in [2.75, 3.05) is 6.67 Å². The predicted molar refractivity (Wildman–Crippen MR) is 57.4 cm³/mol. The highest BCUT2D eigenvalue weighted by molar-refractivity contribution is 7.08. The Labute approximate surface area is 90.8 Å². The third kappa shape index (κ3) is 2.08. The molecule has 15 heavy (non-hydrogen) atoms. The molecule has 80 valence electrons. The highest BCUT2D eigenvalue weighted by Gasteiger charge is 2.10. The quantitative estimate of drug-likeness (QED) is 0.866. The molecule has 0 fully saturated rings. The van der Waals surface area contributed by atoms with Gasteiger partial charge in [0.05, 0.1) is 18.8 Å². The first-order valence-corrected chi connectivity index (χ1v) is 5.55. The maximum atomic E-state index is 12.1. The van der Waals surface area contributed by atoms with Crippen LogP contribution in [-0.4, -0.2) is 21.6 Å². The number of aromatic nitrogens is 2. The lowest BCUT2D eigenvalue weighted by Crippen LogP contribution is -1.99. The topological polar surface area (TPSA) is 38.0 Å². The van der Waals surface area contributed by atoms with Crippen LogP contribution in [0.5, 0.6) is 0 Å². The van der Waals surface area contributed by atoms with E-state index in [1.165, 1.54) is 4.68 Å². The third-order valence-electron chi connectivity index (χ3n) is 2.12. The SMILES string of the molecule is OCc1cn(CCF)nc1-c1ccsc1. The van der Waals surface area contributed by atoms with Crippen molar-refractivity contribution in [3.63, 3.8) is 0 Å². The molecule has 0 aliphatic rings. The monoisotopic (exact) mass is 226 g/mol. The fourth-order valence-corrected chi connectivity index (χ4v) is 2.06. The lowest BCUT2D eigenvalue weighted by Gasteiger charge is -1.94. The molecule has 0 aromatic carbocycles. The van der Waals surface area contributed by atoms with E-state index < -0.39 is 6.67 Å². The van der Waals surface area contributed by atoms with E-state index in [1.54, 1.807) is 17.5 Å². The Balaban J connectivity index is 2.37. The fraction of sp³-hybridized carbons (Fsp3) is 0.300. The maximum Gasteiger partial charge on any atom is 0.109 e. The maximum absolute atomic E-state index is 12.1. The molecule has 0 saturated carbocycles. The summed E-state index contributed by atoms with van der Waals surface area (Å²) in [6.45, 7) is -0.287. The van der Waals surface area contributed by atoms with Crippen molar-refractivity contribution in [1.82, 2.24) is 9.78 Å². The van der Waals surface area contributed by atoms with Crippen LogP contribution in [0.15, 0.2) is 23.0 Å². The van der Waals surface area contributed by atoms with Gasteiger partial charge >= 0.3 is 0 Å². The van der Waals surface area contributed by atoms with Gasteiger partial charge in [0.1, 0.15) is 6.67 Å². The summed E-state index contributed by atoms with van der Waals surface area (Å²) in [6, 6.07) is 1.94. The van der Waals surface area contributed by atoms with Gasteiger partial charge in [-0.1, -0.05) is 0 Å². The summed E-state index contributed by atoms with van der Waals surface area (Å²) in [5.74, 6) is 0. The Bertz CT molecular complexity index is 425. The summed E-state index contributed by atoms with van der Waals surface area (Å²) >= 11 is 1.57. The number of aliphatic hydroxyl groups is 1. The molecule has 1 N–H and O–H groups in total. The van der Waals surface area contributed by atoms with Gasteiger partial charge in [0, 0.05) is 22.7 Å². The van der Waals surface area contributed by atoms with E-state index in [0.717, 1.165) is 16.8 Å². The molecule has 3 nitrogen and oxygen atoms in total. The van der Waals surface area contributed by atoms with E-state index >= 15 is 0 Å². The van der Waals surface area contributed by atoms with E-state index in [9.17, 15) is 4.39 Å². The predicted octanol–water partition coefficient (Wildman–Crippen LogP) is 2.07. The summed E-state index contributed by atoms with van der Waals surface area (Å²) < 4.78 is 13.7. The molecule has 2 heterocycles. The van der Waals surface area contributed by atoms with Crippen LogP contribution in [0.1, 0.15) is 5.56 Å². The van der Waals surface area contributed by atoms with Crippen LogP contribution in [0, 0.1) is 0 Å². The number of halogens is 1. The molecule has 0 aliphatic carbocycles. The number of aliphatic hydroxyl groups excluding tert-OH is 1. The first-order valence-electron chi connectivity index (χ1n) is 4.61. The molecule has 0 aliphatic heterocycles. The number of thiophene rings is 1. The van der Waals surface area contributed by atoms with Crippen LogP contribution < -0.4 is 0 Å². The molecule has 2 rings (SSSR count). The average Bonchev–Trinajstić information content (AvgIpc) is 2.84. The summed E-state index contributed by atoms with van der Waals surface area (Å²) in [7, 11) is 0. The number of hydrogen-bond acceptors (Lipinski definition) is 3. The van der Waals surface area contributed by atoms with Crippen molar-refractivity contribution < 1.29 is 9.50 Å². The summed E-state index contributed by atoms with van der Waals surface area (Å²) in [5.41, 5.74) is 2.45. The second kappa shape index (κ2) is 4.55. The molecule has 0 atom stereocenters. The largest absolute Gasteiger partial charge is 0.392 e. The lowest BCUT2D eigenvalue weighted by atomic mass is 10.2. The Morgan fingerprint density at radius 3 is 3.00 bits per heavy atom. The van der Waals surface area contributed by atoms with Gasteiger partial charge in [-0.05, 0) is 11.4 Å². The van der Waals surface area contributed by atoms with Crippen molar-refractivity contribution in [3.05, 3.63) is 28.6 Å². The van der Waals surface area contributed by atoms with Gasteiger partial charge in [0.15, 0.2) is 0 Å². The van der Waals surface area contributed by atoms with Crippen LogP contribution in [0.3, 0.4) is 0 Å². The minimum atomic E-state index is -0.449. The van der Waals surface area contributed by atoms with Crippen molar-refractivity contribution in [2.45, 2.75) is 13.2 Å². The van der Waals surface area contributed by atoms with E-state index in [0.29, 0.717) is 0 Å². The van der Waals surface area contributed by atoms with Crippen molar-refractivity contribution in [1.29, 1.82) is 0 Å². The molecule has 0 spiro atoms. The van der Waals surface area contributed by atoms with Gasteiger partial charge in [-0.2, -0.15) is 16.4 Å². The second-order valence-electron chi connectivity index (χ2n) is 3.13. The Hall–Kier alpha value is -1.20. The van der Waals surface area contributed by atoms with Crippen LogP contribution in [0.4, 0.5) is 4.39 Å². The molecule has 2 aromatic heterocycles. The van der Waals surface area contributed by atoms with Gasteiger partial charge in [0.25, 0.3) is 0 Å². The zero-order valence-electron chi connectivity index (χ0n) is 8.06. The molecular formula is C10H11FN2OS. The van der Waals surface area contributed by atoms with Crippen LogP contribution in [0.2, 0.25) is 0 Å². The first-order chi connectivity index (χ1) is 7.35. The molecular weight excluding hydrogens is 215 g/mol. The van der Waals surface area contributed by atoms with Gasteiger partial charge in [-0.15, -0.1) is 0 Å².